The summed E-state index contributed by atoms with van der Waals surface area (Å²) in [5.41, 5.74) is 8.17. The van der Waals surface area contributed by atoms with E-state index in [0.29, 0.717) is 28.3 Å². The topological polar surface area (TPSA) is 114 Å². The van der Waals surface area contributed by atoms with Crippen LogP contribution in [-0.4, -0.2) is 36.7 Å². The summed E-state index contributed by atoms with van der Waals surface area (Å²) in [6, 6.07) is 29.6. The van der Waals surface area contributed by atoms with Crippen LogP contribution in [0.15, 0.2) is 108 Å². The van der Waals surface area contributed by atoms with E-state index in [1.54, 1.807) is 30.3 Å². The van der Waals surface area contributed by atoms with Crippen LogP contribution < -0.4 is 25.5 Å². The maximum Gasteiger partial charge on any atom is 0.271 e. The summed E-state index contributed by atoms with van der Waals surface area (Å²) in [6.07, 6.45) is 1.50. The van der Waals surface area contributed by atoms with Gasteiger partial charge in [-0.15, -0.1) is 11.3 Å². The van der Waals surface area contributed by atoms with Gasteiger partial charge in [-0.1, -0.05) is 48.0 Å². The molecule has 0 saturated carbocycles. The van der Waals surface area contributed by atoms with Gasteiger partial charge in [0.1, 0.15) is 0 Å². The number of thiazole rings is 1. The molecule has 1 aromatic heterocycles. The highest BCUT2D eigenvalue weighted by Gasteiger charge is 2.10. The molecule has 0 aliphatic rings. The first kappa shape index (κ1) is 29.0. The van der Waals surface area contributed by atoms with Crippen molar-refractivity contribution in [1.82, 2.24) is 10.4 Å². The van der Waals surface area contributed by atoms with Crippen LogP contribution in [0.2, 0.25) is 0 Å². The molecule has 0 fully saturated rings. The van der Waals surface area contributed by atoms with Crippen molar-refractivity contribution in [2.45, 2.75) is 6.92 Å². The number of hydrogen-bond donors (Lipinski definition) is 3. The molecule has 5 aromatic rings. The summed E-state index contributed by atoms with van der Waals surface area (Å²) in [7, 11) is 1.51. The number of aromatic nitrogens is 1. The van der Waals surface area contributed by atoms with Gasteiger partial charge in [0, 0.05) is 27.9 Å². The number of para-hydroxylation sites is 1. The number of carbonyl (C=O) groups excluding carboxylic acids is 2. The van der Waals surface area contributed by atoms with Crippen molar-refractivity contribution in [2.24, 2.45) is 5.10 Å². The highest BCUT2D eigenvalue weighted by molar-refractivity contribution is 7.14. The van der Waals surface area contributed by atoms with Crippen molar-refractivity contribution in [3.05, 3.63) is 119 Å². The lowest BCUT2D eigenvalue weighted by Gasteiger charge is -2.11. The molecular weight excluding hydrogens is 562 g/mol. The fourth-order valence-electron chi connectivity index (χ4n) is 3.99. The van der Waals surface area contributed by atoms with Gasteiger partial charge in [0.05, 0.1) is 19.0 Å². The zero-order valence-electron chi connectivity index (χ0n) is 23.5. The van der Waals surface area contributed by atoms with Crippen LogP contribution in [0.1, 0.15) is 21.5 Å². The maximum absolute atomic E-state index is 12.6. The van der Waals surface area contributed by atoms with Crippen LogP contribution in [0.25, 0.3) is 11.3 Å². The Bertz CT molecular complexity index is 1720. The van der Waals surface area contributed by atoms with Crippen LogP contribution in [0.4, 0.5) is 16.5 Å². The Hall–Kier alpha value is -5.48. The van der Waals surface area contributed by atoms with E-state index in [1.165, 1.54) is 24.7 Å². The second-order valence-electron chi connectivity index (χ2n) is 9.42. The standard InChI is InChI=1S/C33H29N5O4S/c1-22-8-15-27(16-9-22)35-31(39)20-42-29-17-10-23(18-30(29)41-2)19-34-38-32(40)25-13-11-24(12-14-25)28-21-43-33(37-28)36-26-6-4-3-5-7-26/h3-19,21H,20H2,1-2H3,(H,35,39)(H,36,37)(H,38,40)/b34-19+. The number of anilines is 3. The third kappa shape index (κ3) is 8.05. The molecule has 0 atom stereocenters. The Balaban J connectivity index is 1.13. The number of hydrazone groups is 1. The number of benzene rings is 4. The number of nitrogens with one attached hydrogen (secondary N) is 3. The third-order valence-corrected chi connectivity index (χ3v) is 6.99. The van der Waals surface area contributed by atoms with Gasteiger partial charge in [0.2, 0.25) is 0 Å². The van der Waals surface area contributed by atoms with Crippen LogP contribution in [-0.2, 0) is 4.79 Å². The smallest absolute Gasteiger partial charge is 0.271 e. The lowest BCUT2D eigenvalue weighted by atomic mass is 10.1. The van der Waals surface area contributed by atoms with Crippen molar-refractivity contribution >= 4 is 45.9 Å². The molecule has 43 heavy (non-hydrogen) atoms. The SMILES string of the molecule is COc1cc(/C=N/NC(=O)c2ccc(-c3csc(Nc4ccccc4)n3)cc2)ccc1OCC(=O)Nc1ccc(C)cc1. The number of amides is 2. The molecule has 0 spiro atoms. The van der Waals surface area contributed by atoms with Gasteiger partial charge in [0.25, 0.3) is 11.8 Å². The molecule has 1 heterocycles. The van der Waals surface area contributed by atoms with Gasteiger partial charge in [-0.25, -0.2) is 10.4 Å². The molecular formula is C33H29N5O4S. The minimum atomic E-state index is -0.348. The van der Waals surface area contributed by atoms with E-state index in [-0.39, 0.29) is 18.4 Å². The number of rotatable bonds is 11. The van der Waals surface area contributed by atoms with Crippen molar-refractivity contribution in [2.75, 3.05) is 24.4 Å². The maximum atomic E-state index is 12.6. The average Bonchev–Trinajstić information content (AvgIpc) is 3.50. The summed E-state index contributed by atoms with van der Waals surface area (Å²) in [6.45, 7) is 1.80. The first-order chi connectivity index (χ1) is 21.0. The molecule has 3 N–H and O–H groups in total. The molecule has 0 aliphatic carbocycles. The molecule has 4 aromatic carbocycles. The predicted octanol–water partition coefficient (Wildman–Crippen LogP) is 6.65. The van der Waals surface area contributed by atoms with E-state index < -0.39 is 0 Å². The Kier molecular flexibility index (Phi) is 9.40. The van der Waals surface area contributed by atoms with E-state index in [4.69, 9.17) is 9.47 Å². The Morgan fingerprint density at radius 2 is 1.67 bits per heavy atom. The fraction of sp³-hybridized carbons (Fsp3) is 0.0909. The summed E-state index contributed by atoms with van der Waals surface area (Å²) in [5, 5.41) is 12.9. The average molecular weight is 592 g/mol. The first-order valence-electron chi connectivity index (χ1n) is 13.4. The molecule has 10 heteroatoms. The fourth-order valence-corrected chi connectivity index (χ4v) is 4.73. The van der Waals surface area contributed by atoms with E-state index in [0.717, 1.165) is 27.6 Å². The van der Waals surface area contributed by atoms with Gasteiger partial charge in [0.15, 0.2) is 23.2 Å². The van der Waals surface area contributed by atoms with Crippen LogP contribution in [0, 0.1) is 6.92 Å². The van der Waals surface area contributed by atoms with Crippen LogP contribution in [0.3, 0.4) is 0 Å². The molecule has 216 valence electrons. The largest absolute Gasteiger partial charge is 0.493 e. The van der Waals surface area contributed by atoms with Crippen molar-refractivity contribution in [3.8, 4) is 22.8 Å². The minimum Gasteiger partial charge on any atom is -0.493 e. The molecule has 5 rings (SSSR count). The third-order valence-electron chi connectivity index (χ3n) is 6.23. The Morgan fingerprint density at radius 1 is 0.907 bits per heavy atom. The van der Waals surface area contributed by atoms with E-state index >= 15 is 0 Å². The lowest BCUT2D eigenvalue weighted by molar-refractivity contribution is -0.118. The van der Waals surface area contributed by atoms with Gasteiger partial charge in [-0.3, -0.25) is 9.59 Å². The second kappa shape index (κ2) is 13.9. The number of nitrogens with zero attached hydrogens (tertiary/aromatic N) is 2. The zero-order chi connectivity index (χ0) is 30.0. The van der Waals surface area contributed by atoms with Gasteiger partial charge >= 0.3 is 0 Å². The minimum absolute atomic E-state index is 0.180. The highest BCUT2D eigenvalue weighted by atomic mass is 32.1. The number of carbonyl (C=O) groups is 2. The summed E-state index contributed by atoms with van der Waals surface area (Å²) >= 11 is 1.51. The van der Waals surface area contributed by atoms with Crippen molar-refractivity contribution in [3.63, 3.8) is 0 Å². The molecule has 0 bridgehead atoms. The summed E-state index contributed by atoms with van der Waals surface area (Å²) in [5.74, 6) is 0.201. The first-order valence-corrected chi connectivity index (χ1v) is 14.2. The number of hydrogen-bond acceptors (Lipinski definition) is 8. The molecule has 0 radical (unpaired) electrons. The van der Waals surface area contributed by atoms with Crippen molar-refractivity contribution in [1.29, 1.82) is 0 Å². The van der Waals surface area contributed by atoms with E-state index in [1.807, 2.05) is 79.0 Å². The van der Waals surface area contributed by atoms with E-state index in [2.05, 4.69) is 26.1 Å². The molecule has 9 nitrogen and oxygen atoms in total. The quantitative estimate of drug-likeness (QED) is 0.117. The molecule has 0 aliphatic heterocycles. The normalized spacial score (nSPS) is 10.7. The Morgan fingerprint density at radius 3 is 2.42 bits per heavy atom. The lowest BCUT2D eigenvalue weighted by Crippen LogP contribution is -2.20. The van der Waals surface area contributed by atoms with Crippen LogP contribution in [0.5, 0.6) is 11.5 Å². The number of aryl methyl sites for hydroxylation is 1. The number of methoxy groups -OCH3 is 1. The predicted molar refractivity (Wildman–Crippen MR) is 171 cm³/mol. The number of ether oxygens (including phenoxy) is 2. The van der Waals surface area contributed by atoms with Gasteiger partial charge < -0.3 is 20.1 Å². The molecule has 0 unspecified atom stereocenters. The molecule has 0 saturated heterocycles. The van der Waals surface area contributed by atoms with E-state index in [9.17, 15) is 9.59 Å². The Labute approximate surface area is 253 Å². The van der Waals surface area contributed by atoms with Crippen molar-refractivity contribution < 1.29 is 19.1 Å². The highest BCUT2D eigenvalue weighted by Crippen LogP contribution is 2.28. The summed E-state index contributed by atoms with van der Waals surface area (Å²) in [4.78, 5) is 29.5. The summed E-state index contributed by atoms with van der Waals surface area (Å²) < 4.78 is 11.1. The monoisotopic (exact) mass is 591 g/mol. The molecule has 2 amide bonds. The van der Waals surface area contributed by atoms with Gasteiger partial charge in [-0.05, 0) is 67.1 Å². The van der Waals surface area contributed by atoms with Crippen LogP contribution >= 0.6 is 11.3 Å². The van der Waals surface area contributed by atoms with Gasteiger partial charge in [-0.2, -0.15) is 5.10 Å². The second-order valence-corrected chi connectivity index (χ2v) is 10.3. The zero-order valence-corrected chi connectivity index (χ0v) is 24.4.